The van der Waals surface area contributed by atoms with Crippen LogP contribution in [0.15, 0.2) is 12.4 Å². The third kappa shape index (κ3) is 3.16. The van der Waals surface area contributed by atoms with Crippen LogP contribution in [-0.2, 0) is 11.3 Å². The first kappa shape index (κ1) is 15.9. The van der Waals surface area contributed by atoms with Gasteiger partial charge in [-0.3, -0.25) is 4.68 Å². The molecule has 6 nitrogen and oxygen atoms in total. The Morgan fingerprint density at radius 2 is 2.21 bits per heavy atom. The van der Waals surface area contributed by atoms with Gasteiger partial charge in [-0.25, -0.2) is 4.79 Å². The van der Waals surface area contributed by atoms with E-state index in [1.54, 1.807) is 6.20 Å². The lowest BCUT2D eigenvalue weighted by Gasteiger charge is -2.33. The van der Waals surface area contributed by atoms with E-state index in [1.807, 2.05) is 10.9 Å². The Balaban J connectivity index is 1.37. The van der Waals surface area contributed by atoms with E-state index in [4.69, 9.17) is 4.74 Å². The SMILES string of the molecule is C[C@@H]1C[C@@H]2CCCC[C@H]2N1C(=O)Nc1cnn(C[C@H]2CCCO2)c1. The number of nitrogens with one attached hydrogen (secondary N) is 1. The number of fused-ring (bicyclic) bond motifs is 1. The van der Waals surface area contributed by atoms with Crippen LogP contribution in [-0.4, -0.2) is 45.5 Å². The third-order valence-electron chi connectivity index (χ3n) is 5.88. The summed E-state index contributed by atoms with van der Waals surface area (Å²) >= 11 is 0. The molecule has 1 N–H and O–H groups in total. The molecular formula is C18H28N4O2. The molecule has 6 heteroatoms. The summed E-state index contributed by atoms with van der Waals surface area (Å²) in [5.41, 5.74) is 0.782. The molecule has 0 bridgehead atoms. The van der Waals surface area contributed by atoms with Crippen molar-refractivity contribution in [2.75, 3.05) is 11.9 Å². The predicted molar refractivity (Wildman–Crippen MR) is 91.9 cm³/mol. The van der Waals surface area contributed by atoms with Gasteiger partial charge in [-0.1, -0.05) is 12.8 Å². The van der Waals surface area contributed by atoms with Gasteiger partial charge >= 0.3 is 6.03 Å². The fourth-order valence-electron chi connectivity index (χ4n) is 4.77. The minimum absolute atomic E-state index is 0.0357. The maximum Gasteiger partial charge on any atom is 0.322 e. The van der Waals surface area contributed by atoms with Crippen molar-refractivity contribution in [2.45, 2.75) is 76.6 Å². The lowest BCUT2D eigenvalue weighted by atomic mass is 9.85. The second-order valence-electron chi connectivity index (χ2n) is 7.62. The highest BCUT2D eigenvalue weighted by Crippen LogP contribution is 2.39. The van der Waals surface area contributed by atoms with E-state index in [1.165, 1.54) is 19.3 Å². The quantitative estimate of drug-likeness (QED) is 0.924. The zero-order chi connectivity index (χ0) is 16.5. The second kappa shape index (κ2) is 6.75. The Hall–Kier alpha value is -1.56. The van der Waals surface area contributed by atoms with Gasteiger partial charge in [-0.2, -0.15) is 5.10 Å². The molecule has 24 heavy (non-hydrogen) atoms. The van der Waals surface area contributed by atoms with Crippen molar-refractivity contribution in [3.05, 3.63) is 12.4 Å². The van der Waals surface area contributed by atoms with E-state index in [0.29, 0.717) is 18.0 Å². The van der Waals surface area contributed by atoms with Gasteiger partial charge < -0.3 is 15.0 Å². The highest BCUT2D eigenvalue weighted by molar-refractivity contribution is 5.89. The molecule has 4 rings (SSSR count). The fraction of sp³-hybridized carbons (Fsp3) is 0.778. The van der Waals surface area contributed by atoms with Gasteiger partial charge in [0.1, 0.15) is 0 Å². The number of nitrogens with zero attached hydrogens (tertiary/aromatic N) is 3. The van der Waals surface area contributed by atoms with Gasteiger partial charge in [-0.05, 0) is 44.9 Å². The third-order valence-corrected chi connectivity index (χ3v) is 5.88. The molecule has 2 amide bonds. The minimum Gasteiger partial charge on any atom is -0.376 e. The topological polar surface area (TPSA) is 59.4 Å². The number of urea groups is 1. The Kier molecular flexibility index (Phi) is 4.48. The number of likely N-dealkylation sites (tertiary alicyclic amines) is 1. The first-order valence-corrected chi connectivity index (χ1v) is 9.44. The van der Waals surface area contributed by atoms with Crippen LogP contribution >= 0.6 is 0 Å². The van der Waals surface area contributed by atoms with E-state index in [9.17, 15) is 4.79 Å². The van der Waals surface area contributed by atoms with E-state index in [2.05, 4.69) is 22.2 Å². The number of amides is 2. The number of carbonyl (C=O) groups is 1. The molecule has 3 heterocycles. The Morgan fingerprint density at radius 1 is 1.33 bits per heavy atom. The average molecular weight is 332 g/mol. The number of carbonyl (C=O) groups excluding carboxylic acids is 1. The molecule has 2 saturated heterocycles. The Bertz CT molecular complexity index is 581. The van der Waals surface area contributed by atoms with Crippen molar-refractivity contribution in [1.29, 1.82) is 0 Å². The van der Waals surface area contributed by atoms with Crippen molar-refractivity contribution < 1.29 is 9.53 Å². The summed E-state index contributed by atoms with van der Waals surface area (Å²) in [6, 6.07) is 0.796. The number of aromatic nitrogens is 2. The van der Waals surface area contributed by atoms with E-state index in [0.717, 1.165) is 44.5 Å². The van der Waals surface area contributed by atoms with Gasteiger partial charge in [0.2, 0.25) is 0 Å². The molecule has 4 atom stereocenters. The summed E-state index contributed by atoms with van der Waals surface area (Å²) < 4.78 is 7.52. The zero-order valence-corrected chi connectivity index (χ0v) is 14.5. The molecule has 0 unspecified atom stereocenters. The first-order valence-electron chi connectivity index (χ1n) is 9.44. The van der Waals surface area contributed by atoms with Crippen LogP contribution in [0.25, 0.3) is 0 Å². The highest BCUT2D eigenvalue weighted by atomic mass is 16.5. The van der Waals surface area contributed by atoms with Gasteiger partial charge in [-0.15, -0.1) is 0 Å². The number of hydrogen-bond donors (Lipinski definition) is 1. The van der Waals surface area contributed by atoms with Crippen molar-refractivity contribution in [3.8, 4) is 0 Å². The van der Waals surface area contributed by atoms with Crippen LogP contribution in [0.1, 0.15) is 51.9 Å². The minimum atomic E-state index is 0.0357. The fourth-order valence-corrected chi connectivity index (χ4v) is 4.77. The molecule has 1 aromatic rings. The predicted octanol–water partition coefficient (Wildman–Crippen LogP) is 3.25. The molecule has 1 aliphatic carbocycles. The first-order chi connectivity index (χ1) is 11.7. The van der Waals surface area contributed by atoms with Gasteiger partial charge in [0.05, 0.1) is 24.5 Å². The summed E-state index contributed by atoms with van der Waals surface area (Å²) in [5, 5.41) is 7.42. The number of rotatable bonds is 3. The molecule has 1 aromatic heterocycles. The average Bonchev–Trinajstić information content (AvgIpc) is 3.27. The van der Waals surface area contributed by atoms with Crippen LogP contribution in [0.5, 0.6) is 0 Å². The molecule has 0 radical (unpaired) electrons. The van der Waals surface area contributed by atoms with Crippen LogP contribution in [0.2, 0.25) is 0 Å². The van der Waals surface area contributed by atoms with Crippen molar-refractivity contribution in [1.82, 2.24) is 14.7 Å². The lowest BCUT2D eigenvalue weighted by molar-refractivity contribution is 0.0940. The van der Waals surface area contributed by atoms with Gasteiger partial charge in [0.15, 0.2) is 0 Å². The maximum absolute atomic E-state index is 12.8. The van der Waals surface area contributed by atoms with Crippen LogP contribution in [0, 0.1) is 5.92 Å². The summed E-state index contributed by atoms with van der Waals surface area (Å²) in [5.74, 6) is 0.696. The molecule has 0 aromatic carbocycles. The summed E-state index contributed by atoms with van der Waals surface area (Å²) in [4.78, 5) is 14.9. The molecule has 2 aliphatic heterocycles. The summed E-state index contributed by atoms with van der Waals surface area (Å²) in [6.07, 6.45) is 12.3. The van der Waals surface area contributed by atoms with Gasteiger partial charge in [0.25, 0.3) is 0 Å². The molecule has 0 spiro atoms. The highest BCUT2D eigenvalue weighted by Gasteiger charge is 2.42. The van der Waals surface area contributed by atoms with Gasteiger partial charge in [0, 0.05) is 24.9 Å². The van der Waals surface area contributed by atoms with E-state index < -0.39 is 0 Å². The van der Waals surface area contributed by atoms with Crippen molar-refractivity contribution in [3.63, 3.8) is 0 Å². The molecule has 3 aliphatic rings. The second-order valence-corrected chi connectivity index (χ2v) is 7.62. The maximum atomic E-state index is 12.8. The van der Waals surface area contributed by atoms with Crippen LogP contribution < -0.4 is 5.32 Å². The molecule has 132 valence electrons. The summed E-state index contributed by atoms with van der Waals surface area (Å²) in [7, 11) is 0. The van der Waals surface area contributed by atoms with Crippen LogP contribution in [0.3, 0.4) is 0 Å². The van der Waals surface area contributed by atoms with E-state index >= 15 is 0 Å². The monoisotopic (exact) mass is 332 g/mol. The smallest absolute Gasteiger partial charge is 0.322 e. The number of anilines is 1. The number of hydrogen-bond acceptors (Lipinski definition) is 3. The summed E-state index contributed by atoms with van der Waals surface area (Å²) in [6.45, 7) is 3.80. The Morgan fingerprint density at radius 3 is 3.04 bits per heavy atom. The molecule has 3 fully saturated rings. The zero-order valence-electron chi connectivity index (χ0n) is 14.5. The molecule has 1 saturated carbocycles. The normalized spacial score (nSPS) is 32.8. The standard InChI is InChI=1S/C18H28N4O2/c1-13-9-14-5-2-3-7-17(14)22(13)18(23)20-15-10-19-21(11-15)12-16-6-4-8-24-16/h10-11,13-14,16-17H,2-9,12H2,1H3,(H,20,23)/t13-,14+,16-,17-/m1/s1. The largest absolute Gasteiger partial charge is 0.376 e. The van der Waals surface area contributed by atoms with Crippen molar-refractivity contribution >= 4 is 11.7 Å². The Labute approximate surface area is 143 Å². The lowest BCUT2D eigenvalue weighted by Crippen LogP contribution is -2.44. The molecular weight excluding hydrogens is 304 g/mol. The van der Waals surface area contributed by atoms with Crippen molar-refractivity contribution in [2.24, 2.45) is 5.92 Å². The van der Waals surface area contributed by atoms with E-state index in [-0.39, 0.29) is 12.1 Å². The number of ether oxygens (including phenoxy) is 1. The van der Waals surface area contributed by atoms with Crippen LogP contribution in [0.4, 0.5) is 10.5 Å².